The summed E-state index contributed by atoms with van der Waals surface area (Å²) in [6.07, 6.45) is 2.41. The van der Waals surface area contributed by atoms with E-state index in [-0.39, 0.29) is 11.9 Å². The van der Waals surface area contributed by atoms with Gasteiger partial charge in [-0.25, -0.2) is 0 Å². The van der Waals surface area contributed by atoms with Crippen molar-refractivity contribution in [2.75, 3.05) is 13.1 Å². The first-order valence-corrected chi connectivity index (χ1v) is 4.34. The van der Waals surface area contributed by atoms with Crippen molar-refractivity contribution in [1.82, 2.24) is 4.90 Å². The topological polar surface area (TPSA) is 59.5 Å². The summed E-state index contributed by atoms with van der Waals surface area (Å²) in [5.41, 5.74) is 5.45. The van der Waals surface area contributed by atoms with Gasteiger partial charge < -0.3 is 15.1 Å². The number of hydrogen-bond donors (Lipinski definition) is 1. The second kappa shape index (κ2) is 3.22. The molecule has 2 rings (SSSR count). The second-order valence-corrected chi connectivity index (χ2v) is 3.22. The molecule has 1 fully saturated rings. The standard InChI is InChI=1S/C9H12N2O2/c10-8-6-11(9(8)12)4-3-7-2-1-5-13-7/h1-2,5,8H,3-4,6,10H2. The number of carbonyl (C=O) groups is 1. The third-order valence-electron chi connectivity index (χ3n) is 2.25. The SMILES string of the molecule is NC1CN(CCc2ccco2)C1=O. The largest absolute Gasteiger partial charge is 0.469 e. The highest BCUT2D eigenvalue weighted by Gasteiger charge is 2.32. The average Bonchev–Trinajstić information content (AvgIpc) is 2.64. The Balaban J connectivity index is 1.78. The van der Waals surface area contributed by atoms with E-state index in [4.69, 9.17) is 10.2 Å². The van der Waals surface area contributed by atoms with Crippen LogP contribution >= 0.6 is 0 Å². The molecular weight excluding hydrogens is 168 g/mol. The molecule has 70 valence electrons. The molecule has 0 saturated carbocycles. The van der Waals surface area contributed by atoms with Crippen molar-refractivity contribution < 1.29 is 9.21 Å². The lowest BCUT2D eigenvalue weighted by Crippen LogP contribution is -2.61. The molecule has 1 aromatic heterocycles. The van der Waals surface area contributed by atoms with Gasteiger partial charge in [-0.3, -0.25) is 4.79 Å². The highest BCUT2D eigenvalue weighted by Crippen LogP contribution is 2.09. The predicted octanol–water partition coefficient (Wildman–Crippen LogP) is -0.00840. The van der Waals surface area contributed by atoms with E-state index in [1.54, 1.807) is 11.2 Å². The fourth-order valence-corrected chi connectivity index (χ4v) is 1.43. The first-order valence-electron chi connectivity index (χ1n) is 4.34. The smallest absolute Gasteiger partial charge is 0.241 e. The van der Waals surface area contributed by atoms with Crippen molar-refractivity contribution in [3.05, 3.63) is 24.2 Å². The van der Waals surface area contributed by atoms with Gasteiger partial charge in [-0.2, -0.15) is 0 Å². The van der Waals surface area contributed by atoms with E-state index in [1.807, 2.05) is 12.1 Å². The Labute approximate surface area is 76.3 Å². The highest BCUT2D eigenvalue weighted by atomic mass is 16.3. The number of rotatable bonds is 3. The normalized spacial score (nSPS) is 21.8. The predicted molar refractivity (Wildman–Crippen MR) is 47.0 cm³/mol. The quantitative estimate of drug-likeness (QED) is 0.665. The van der Waals surface area contributed by atoms with Crippen molar-refractivity contribution in [2.24, 2.45) is 5.73 Å². The van der Waals surface area contributed by atoms with Crippen LogP contribution in [-0.4, -0.2) is 29.9 Å². The Morgan fingerprint density at radius 1 is 1.69 bits per heavy atom. The molecule has 0 bridgehead atoms. The number of furan rings is 1. The number of amides is 1. The lowest BCUT2D eigenvalue weighted by Gasteiger charge is -2.35. The number of β-lactam (4-membered cyclic amide) rings is 1. The minimum absolute atomic E-state index is 0.0477. The van der Waals surface area contributed by atoms with Gasteiger partial charge >= 0.3 is 0 Å². The van der Waals surface area contributed by atoms with E-state index < -0.39 is 0 Å². The van der Waals surface area contributed by atoms with E-state index >= 15 is 0 Å². The summed E-state index contributed by atoms with van der Waals surface area (Å²) < 4.78 is 5.15. The lowest BCUT2D eigenvalue weighted by molar-refractivity contribution is -0.142. The number of hydrogen-bond acceptors (Lipinski definition) is 3. The van der Waals surface area contributed by atoms with Crippen LogP contribution in [-0.2, 0) is 11.2 Å². The van der Waals surface area contributed by atoms with E-state index in [2.05, 4.69) is 0 Å². The second-order valence-electron chi connectivity index (χ2n) is 3.22. The van der Waals surface area contributed by atoms with Gasteiger partial charge in [-0.15, -0.1) is 0 Å². The fraction of sp³-hybridized carbons (Fsp3) is 0.444. The molecule has 1 atom stereocenters. The van der Waals surface area contributed by atoms with Crippen LogP contribution in [0, 0.1) is 0 Å². The minimum atomic E-state index is -0.267. The zero-order valence-corrected chi connectivity index (χ0v) is 7.27. The van der Waals surface area contributed by atoms with Crippen LogP contribution in [0.15, 0.2) is 22.8 Å². The van der Waals surface area contributed by atoms with Crippen LogP contribution in [0.4, 0.5) is 0 Å². The lowest BCUT2D eigenvalue weighted by atomic mass is 10.1. The van der Waals surface area contributed by atoms with Crippen LogP contribution < -0.4 is 5.73 Å². The Hall–Kier alpha value is -1.29. The van der Waals surface area contributed by atoms with E-state index in [0.717, 1.165) is 12.2 Å². The summed E-state index contributed by atoms with van der Waals surface area (Å²) in [6, 6.07) is 3.49. The summed E-state index contributed by atoms with van der Waals surface area (Å²) in [7, 11) is 0. The first-order chi connectivity index (χ1) is 6.27. The van der Waals surface area contributed by atoms with Crippen LogP contribution in [0.2, 0.25) is 0 Å². The summed E-state index contributed by atoms with van der Waals surface area (Å²) in [6.45, 7) is 1.39. The van der Waals surface area contributed by atoms with Crippen molar-refractivity contribution >= 4 is 5.91 Å². The molecule has 1 unspecified atom stereocenters. The summed E-state index contributed by atoms with van der Waals surface area (Å²) in [4.78, 5) is 12.8. The molecule has 1 aromatic rings. The zero-order valence-electron chi connectivity index (χ0n) is 7.27. The molecule has 0 radical (unpaired) electrons. The van der Waals surface area contributed by atoms with Crippen LogP contribution in [0.5, 0.6) is 0 Å². The van der Waals surface area contributed by atoms with Gasteiger partial charge in [0.25, 0.3) is 0 Å². The summed E-state index contributed by atoms with van der Waals surface area (Å²) >= 11 is 0. The number of nitrogens with zero attached hydrogens (tertiary/aromatic N) is 1. The third-order valence-corrected chi connectivity index (χ3v) is 2.25. The Morgan fingerprint density at radius 2 is 2.54 bits per heavy atom. The van der Waals surface area contributed by atoms with E-state index in [1.165, 1.54) is 0 Å². The number of nitrogens with two attached hydrogens (primary N) is 1. The van der Waals surface area contributed by atoms with Gasteiger partial charge in [0.15, 0.2) is 0 Å². The van der Waals surface area contributed by atoms with Gasteiger partial charge in [0.05, 0.1) is 6.26 Å². The van der Waals surface area contributed by atoms with Crippen LogP contribution in [0.25, 0.3) is 0 Å². The van der Waals surface area contributed by atoms with Crippen LogP contribution in [0.3, 0.4) is 0 Å². The molecule has 1 aliphatic rings. The van der Waals surface area contributed by atoms with Gasteiger partial charge in [0.2, 0.25) is 5.91 Å². The van der Waals surface area contributed by atoms with Crippen molar-refractivity contribution in [3.63, 3.8) is 0 Å². The molecule has 2 N–H and O–H groups in total. The number of carbonyl (C=O) groups excluding carboxylic acids is 1. The van der Waals surface area contributed by atoms with Crippen LogP contribution in [0.1, 0.15) is 5.76 Å². The molecule has 4 nitrogen and oxygen atoms in total. The average molecular weight is 180 g/mol. The zero-order chi connectivity index (χ0) is 9.26. The van der Waals surface area contributed by atoms with Crippen molar-refractivity contribution in [3.8, 4) is 0 Å². The molecule has 13 heavy (non-hydrogen) atoms. The maximum absolute atomic E-state index is 11.1. The van der Waals surface area contributed by atoms with E-state index in [0.29, 0.717) is 13.1 Å². The molecule has 4 heteroatoms. The Bertz CT molecular complexity index is 295. The molecule has 1 saturated heterocycles. The van der Waals surface area contributed by atoms with E-state index in [9.17, 15) is 4.79 Å². The van der Waals surface area contributed by atoms with Gasteiger partial charge in [0.1, 0.15) is 11.8 Å². The maximum Gasteiger partial charge on any atom is 0.241 e. The Kier molecular flexibility index (Phi) is 2.06. The summed E-state index contributed by atoms with van der Waals surface area (Å²) in [5.74, 6) is 0.958. The third kappa shape index (κ3) is 1.58. The van der Waals surface area contributed by atoms with Gasteiger partial charge in [-0.05, 0) is 12.1 Å². The van der Waals surface area contributed by atoms with Crippen molar-refractivity contribution in [2.45, 2.75) is 12.5 Å². The molecule has 0 aliphatic carbocycles. The Morgan fingerprint density at radius 3 is 3.08 bits per heavy atom. The van der Waals surface area contributed by atoms with Gasteiger partial charge in [0, 0.05) is 19.5 Å². The minimum Gasteiger partial charge on any atom is -0.469 e. The molecule has 1 aliphatic heterocycles. The monoisotopic (exact) mass is 180 g/mol. The first kappa shape index (κ1) is 8.31. The molecule has 2 heterocycles. The summed E-state index contributed by atoms with van der Waals surface area (Å²) in [5, 5.41) is 0. The van der Waals surface area contributed by atoms with Crippen molar-refractivity contribution in [1.29, 1.82) is 0 Å². The highest BCUT2D eigenvalue weighted by molar-refractivity contribution is 5.87. The van der Waals surface area contributed by atoms with Gasteiger partial charge in [-0.1, -0.05) is 0 Å². The molecule has 0 aromatic carbocycles. The molecule has 0 spiro atoms. The molecule has 1 amide bonds. The number of likely N-dealkylation sites (tertiary alicyclic amines) is 1. The fourth-order valence-electron chi connectivity index (χ4n) is 1.43. The molecular formula is C9H12N2O2. The maximum atomic E-state index is 11.1.